The van der Waals surface area contributed by atoms with Crippen LogP contribution in [0.25, 0.3) is 0 Å². The van der Waals surface area contributed by atoms with Crippen molar-refractivity contribution in [2.45, 2.75) is 89.0 Å². The van der Waals surface area contributed by atoms with Crippen LogP contribution >= 0.6 is 0 Å². The molecule has 0 heterocycles. The molecule has 0 radical (unpaired) electrons. The fourth-order valence-electron chi connectivity index (χ4n) is 3.75. The molecule has 0 aliphatic heterocycles. The Morgan fingerprint density at radius 3 is 2.16 bits per heavy atom. The highest BCUT2D eigenvalue weighted by atomic mass is 16.5. The molecule has 0 aromatic rings. The molecule has 6 N–H and O–H groups in total. The average molecular weight is 461 g/mol. The molecule has 0 fully saturated rings. The summed E-state index contributed by atoms with van der Waals surface area (Å²) in [6, 6.07) is 0. The highest BCUT2D eigenvalue weighted by Gasteiger charge is 2.45. The van der Waals surface area contributed by atoms with Crippen molar-refractivity contribution >= 4 is 17.5 Å². The van der Waals surface area contributed by atoms with Crippen molar-refractivity contribution in [3.8, 4) is 0 Å². The van der Waals surface area contributed by atoms with Crippen LogP contribution in [0.4, 0.5) is 0 Å². The number of allylic oxidation sites excluding steroid dienone is 2. The van der Waals surface area contributed by atoms with E-state index in [4.69, 9.17) is 0 Å². The van der Waals surface area contributed by atoms with Crippen molar-refractivity contribution in [3.05, 3.63) is 12.2 Å². The number of aliphatic hydroxyl groups is 6. The molecule has 0 bridgehead atoms. The number of esters is 1. The molecule has 10 nitrogen and oxygen atoms in total. The summed E-state index contributed by atoms with van der Waals surface area (Å²) in [5, 5.41) is 60.7. The lowest BCUT2D eigenvalue weighted by Crippen LogP contribution is -2.55. The van der Waals surface area contributed by atoms with Crippen LogP contribution in [0, 0.1) is 11.8 Å². The van der Waals surface area contributed by atoms with E-state index in [9.17, 15) is 45.0 Å². The normalized spacial score (nSPS) is 23.9. The Bertz CT molecular complexity index is 649. The molecule has 6 unspecified atom stereocenters. The molecule has 10 heteroatoms. The Hall–Kier alpha value is -1.69. The number of hydrogen-bond acceptors (Lipinski definition) is 10. The largest absolute Gasteiger partial charge is 0.464 e. The lowest BCUT2D eigenvalue weighted by Gasteiger charge is -2.33. The molecule has 1 aliphatic rings. The minimum absolute atomic E-state index is 0.0338. The first-order valence-corrected chi connectivity index (χ1v) is 11.0. The van der Waals surface area contributed by atoms with E-state index < -0.39 is 60.2 Å². The van der Waals surface area contributed by atoms with Crippen LogP contribution in [0.3, 0.4) is 0 Å². The molecule has 8 atom stereocenters. The van der Waals surface area contributed by atoms with E-state index in [2.05, 4.69) is 4.74 Å². The van der Waals surface area contributed by atoms with Gasteiger partial charge in [0.15, 0.2) is 11.9 Å². The Morgan fingerprint density at radius 1 is 0.938 bits per heavy atom. The van der Waals surface area contributed by atoms with E-state index in [1.807, 2.05) is 6.92 Å². The Balaban J connectivity index is 2.74. The first-order chi connectivity index (χ1) is 15.1. The van der Waals surface area contributed by atoms with E-state index in [-0.39, 0.29) is 25.2 Å². The fourth-order valence-corrected chi connectivity index (χ4v) is 3.75. The fraction of sp³-hybridized carbons (Fsp3) is 0.773. The molecule has 184 valence electrons. The summed E-state index contributed by atoms with van der Waals surface area (Å²) < 4.78 is 4.52. The molecule has 0 saturated carbocycles. The molecule has 0 aromatic heterocycles. The first-order valence-electron chi connectivity index (χ1n) is 11.0. The maximum atomic E-state index is 12.2. The lowest BCUT2D eigenvalue weighted by atomic mass is 9.81. The molecule has 32 heavy (non-hydrogen) atoms. The molecule has 0 aromatic carbocycles. The van der Waals surface area contributed by atoms with Gasteiger partial charge in [-0.05, 0) is 31.8 Å². The number of hydrogen-bond donors (Lipinski definition) is 6. The van der Waals surface area contributed by atoms with Gasteiger partial charge in [0.1, 0.15) is 30.2 Å². The number of aliphatic hydroxyl groups excluding tert-OH is 6. The minimum atomic E-state index is -2.22. The number of ether oxygens (including phenoxy) is 1. The number of carbonyl (C=O) groups excluding carboxylic acids is 3. The summed E-state index contributed by atoms with van der Waals surface area (Å²) in [7, 11) is 0. The quantitative estimate of drug-likeness (QED) is 0.131. The number of Topliss-reactive ketones (excluding diaryl/α,β-unsaturated/α-hetero) is 1. The van der Waals surface area contributed by atoms with Gasteiger partial charge in [-0.1, -0.05) is 25.8 Å². The molecule has 0 spiro atoms. The zero-order chi connectivity index (χ0) is 24.4. The zero-order valence-corrected chi connectivity index (χ0v) is 18.5. The third kappa shape index (κ3) is 7.72. The number of ketones is 2. The van der Waals surface area contributed by atoms with Crippen LogP contribution in [0.1, 0.15) is 52.4 Å². The standard InChI is InChI=1S/C22H36O10/c1-3-5-6-7-13(23)10-8-12-9-11-14(24)15(12)16(25)17(26)18(27)19(28)20(29)21(30)22(31)32-4-2/h9,11-12,15-21,25-30H,3-8,10H2,1-2H3/t12-,15+,16?,17?,18?,19?,20?,21?/m1/s1. The average Bonchev–Trinajstić information content (AvgIpc) is 3.15. The Kier molecular flexibility index (Phi) is 12.2. The van der Waals surface area contributed by atoms with Gasteiger partial charge < -0.3 is 35.4 Å². The van der Waals surface area contributed by atoms with Gasteiger partial charge in [-0.25, -0.2) is 4.79 Å². The van der Waals surface area contributed by atoms with Crippen LogP contribution in [0.15, 0.2) is 12.2 Å². The maximum Gasteiger partial charge on any atom is 0.337 e. The Morgan fingerprint density at radius 2 is 1.56 bits per heavy atom. The van der Waals surface area contributed by atoms with Gasteiger partial charge in [-0.3, -0.25) is 9.59 Å². The monoisotopic (exact) mass is 460 g/mol. The zero-order valence-electron chi connectivity index (χ0n) is 18.5. The molecular weight excluding hydrogens is 424 g/mol. The summed E-state index contributed by atoms with van der Waals surface area (Å²) in [4.78, 5) is 35.8. The van der Waals surface area contributed by atoms with Gasteiger partial charge in [0, 0.05) is 12.8 Å². The molecule has 0 amide bonds. The summed E-state index contributed by atoms with van der Waals surface area (Å²) in [6.45, 7) is 3.39. The van der Waals surface area contributed by atoms with Crippen molar-refractivity contribution in [3.63, 3.8) is 0 Å². The van der Waals surface area contributed by atoms with E-state index in [0.717, 1.165) is 19.3 Å². The smallest absolute Gasteiger partial charge is 0.337 e. The maximum absolute atomic E-state index is 12.2. The van der Waals surface area contributed by atoms with E-state index in [1.165, 1.54) is 19.1 Å². The van der Waals surface area contributed by atoms with Crippen molar-refractivity contribution in [1.29, 1.82) is 0 Å². The van der Waals surface area contributed by atoms with Gasteiger partial charge >= 0.3 is 5.97 Å². The van der Waals surface area contributed by atoms with Crippen LogP contribution in [-0.4, -0.2) is 91.4 Å². The van der Waals surface area contributed by atoms with Crippen molar-refractivity contribution in [2.24, 2.45) is 11.8 Å². The van der Waals surface area contributed by atoms with Crippen LogP contribution in [0.2, 0.25) is 0 Å². The second-order valence-corrected chi connectivity index (χ2v) is 8.14. The van der Waals surface area contributed by atoms with E-state index in [0.29, 0.717) is 6.42 Å². The van der Waals surface area contributed by atoms with Crippen molar-refractivity contribution in [2.75, 3.05) is 6.61 Å². The Labute approximate surface area is 187 Å². The summed E-state index contributed by atoms with van der Waals surface area (Å²) in [6.07, 6.45) is -6.34. The second-order valence-electron chi connectivity index (χ2n) is 8.14. The lowest BCUT2D eigenvalue weighted by molar-refractivity contribution is -0.180. The van der Waals surface area contributed by atoms with E-state index >= 15 is 0 Å². The van der Waals surface area contributed by atoms with Crippen LogP contribution in [-0.2, 0) is 19.1 Å². The summed E-state index contributed by atoms with van der Waals surface area (Å²) >= 11 is 0. The van der Waals surface area contributed by atoms with Gasteiger partial charge in [0.25, 0.3) is 0 Å². The SMILES string of the molecule is CCCCCC(=O)CC[C@@H]1C=CC(=O)[C@H]1C(O)C(O)C(O)C(O)C(O)C(O)C(=O)OCC. The van der Waals surface area contributed by atoms with Crippen molar-refractivity contribution < 1.29 is 49.8 Å². The van der Waals surface area contributed by atoms with Gasteiger partial charge in [-0.2, -0.15) is 0 Å². The van der Waals surface area contributed by atoms with Crippen LogP contribution in [0.5, 0.6) is 0 Å². The highest BCUT2D eigenvalue weighted by Crippen LogP contribution is 2.32. The van der Waals surface area contributed by atoms with Gasteiger partial charge in [0.2, 0.25) is 0 Å². The van der Waals surface area contributed by atoms with Crippen molar-refractivity contribution in [1.82, 2.24) is 0 Å². The minimum Gasteiger partial charge on any atom is -0.464 e. The van der Waals surface area contributed by atoms with E-state index in [1.54, 1.807) is 0 Å². The van der Waals surface area contributed by atoms with Gasteiger partial charge in [0.05, 0.1) is 18.6 Å². The predicted molar refractivity (Wildman–Crippen MR) is 112 cm³/mol. The predicted octanol–water partition coefficient (Wildman–Crippen LogP) is -0.984. The molecule has 1 rings (SSSR count). The van der Waals surface area contributed by atoms with Gasteiger partial charge in [-0.15, -0.1) is 0 Å². The number of rotatable bonds is 15. The topological polar surface area (TPSA) is 182 Å². The second kappa shape index (κ2) is 13.8. The molecule has 1 aliphatic carbocycles. The molecular formula is C22H36O10. The number of unbranched alkanes of at least 4 members (excludes halogenated alkanes) is 2. The highest BCUT2D eigenvalue weighted by molar-refractivity contribution is 5.95. The first kappa shape index (κ1) is 28.3. The summed E-state index contributed by atoms with van der Waals surface area (Å²) in [5.41, 5.74) is 0. The summed E-state index contributed by atoms with van der Waals surface area (Å²) in [5.74, 6) is -3.41. The molecule has 0 saturated heterocycles. The third-order valence-corrected chi connectivity index (χ3v) is 5.73. The van der Waals surface area contributed by atoms with Crippen LogP contribution < -0.4 is 0 Å². The third-order valence-electron chi connectivity index (χ3n) is 5.73. The number of carbonyl (C=O) groups is 3.